The van der Waals surface area contributed by atoms with Crippen molar-refractivity contribution in [2.45, 2.75) is 17.3 Å². The van der Waals surface area contributed by atoms with Crippen molar-refractivity contribution in [1.29, 1.82) is 0 Å². The molecule has 5 rings (SSSR count). The number of nitrogens with zero attached hydrogens (tertiary/aromatic N) is 3. The second-order valence-electron chi connectivity index (χ2n) is 7.58. The van der Waals surface area contributed by atoms with Gasteiger partial charge in [-0.05, 0) is 31.2 Å². The van der Waals surface area contributed by atoms with E-state index < -0.39 is 11.1 Å². The standard InChI is InChI=1S/C24H20FN5O3S/c1-13(34-24-29-28-22(30(24)26)14-6-5-7-15(25)10-14)23(31)27-18-12-20-17(11-21(18)32-2)16-8-3-4-9-19(16)33-20/h3-13H,26H2,1-2H3,(H,27,31). The van der Waals surface area contributed by atoms with E-state index in [2.05, 4.69) is 15.5 Å². The van der Waals surface area contributed by atoms with E-state index in [1.54, 1.807) is 32.2 Å². The minimum absolute atomic E-state index is 0.283. The monoisotopic (exact) mass is 477 g/mol. The topological polar surface area (TPSA) is 108 Å². The molecule has 0 spiro atoms. The zero-order chi connectivity index (χ0) is 23.8. The quantitative estimate of drug-likeness (QED) is 0.266. The molecule has 3 N–H and O–H groups in total. The van der Waals surface area contributed by atoms with E-state index in [0.717, 1.165) is 28.1 Å². The first-order valence-corrected chi connectivity index (χ1v) is 11.3. The van der Waals surface area contributed by atoms with Crippen LogP contribution in [0, 0.1) is 5.82 Å². The Kier molecular flexibility index (Phi) is 5.58. The van der Waals surface area contributed by atoms with Crippen LogP contribution in [0.15, 0.2) is 70.2 Å². The molecule has 0 saturated carbocycles. The van der Waals surface area contributed by atoms with E-state index >= 15 is 0 Å². The minimum atomic E-state index is -0.567. The molecule has 172 valence electrons. The van der Waals surface area contributed by atoms with E-state index in [1.165, 1.54) is 16.8 Å². The second kappa shape index (κ2) is 8.71. The SMILES string of the molecule is COc1cc2c(cc1NC(=O)C(C)Sc1nnc(-c3cccc(F)c3)n1N)oc1ccccc12. The summed E-state index contributed by atoms with van der Waals surface area (Å²) >= 11 is 1.13. The number of ether oxygens (including phenoxy) is 1. The van der Waals surface area contributed by atoms with Crippen LogP contribution in [0.25, 0.3) is 33.3 Å². The van der Waals surface area contributed by atoms with Gasteiger partial charge < -0.3 is 20.3 Å². The first kappa shape index (κ1) is 21.8. The molecular formula is C24H20FN5O3S. The number of amides is 1. The molecule has 10 heteroatoms. The number of hydrogen-bond donors (Lipinski definition) is 2. The predicted molar refractivity (Wildman–Crippen MR) is 130 cm³/mol. The Labute approximate surface area is 197 Å². The number of nitrogens with one attached hydrogen (secondary N) is 1. The number of carbonyl (C=O) groups is 1. The molecule has 0 bridgehead atoms. The summed E-state index contributed by atoms with van der Waals surface area (Å²) in [5.74, 6) is 6.24. The largest absolute Gasteiger partial charge is 0.495 e. The van der Waals surface area contributed by atoms with Gasteiger partial charge in [0.2, 0.25) is 11.1 Å². The van der Waals surface area contributed by atoms with Gasteiger partial charge in [-0.25, -0.2) is 9.07 Å². The summed E-state index contributed by atoms with van der Waals surface area (Å²) in [6, 6.07) is 17.2. The normalized spacial score (nSPS) is 12.2. The molecule has 0 saturated heterocycles. The number of thioether (sulfide) groups is 1. The summed E-state index contributed by atoms with van der Waals surface area (Å²) in [4.78, 5) is 13.0. The summed E-state index contributed by atoms with van der Waals surface area (Å²) in [6.07, 6.45) is 0. The number of nitrogen functional groups attached to an aromatic ring is 1. The van der Waals surface area contributed by atoms with Crippen LogP contribution < -0.4 is 15.9 Å². The molecule has 1 amide bonds. The highest BCUT2D eigenvalue weighted by Gasteiger charge is 2.22. The van der Waals surface area contributed by atoms with Gasteiger partial charge in [0.1, 0.15) is 22.7 Å². The van der Waals surface area contributed by atoms with Crippen LogP contribution in [0.3, 0.4) is 0 Å². The molecule has 0 radical (unpaired) electrons. The van der Waals surface area contributed by atoms with Crippen molar-refractivity contribution in [3.05, 3.63) is 66.5 Å². The summed E-state index contributed by atoms with van der Waals surface area (Å²) in [5.41, 5.74) is 2.37. The van der Waals surface area contributed by atoms with Gasteiger partial charge in [0.25, 0.3) is 0 Å². The summed E-state index contributed by atoms with van der Waals surface area (Å²) in [5, 5.41) is 12.6. The fraction of sp³-hybridized carbons (Fsp3) is 0.125. The van der Waals surface area contributed by atoms with Crippen molar-refractivity contribution in [3.63, 3.8) is 0 Å². The highest BCUT2D eigenvalue weighted by molar-refractivity contribution is 8.00. The van der Waals surface area contributed by atoms with Crippen molar-refractivity contribution in [2.24, 2.45) is 0 Å². The van der Waals surface area contributed by atoms with Crippen molar-refractivity contribution in [1.82, 2.24) is 14.9 Å². The summed E-state index contributed by atoms with van der Waals surface area (Å²) < 4.78 is 26.2. The van der Waals surface area contributed by atoms with E-state index in [-0.39, 0.29) is 5.91 Å². The predicted octanol–water partition coefficient (Wildman–Crippen LogP) is 4.83. The average Bonchev–Trinajstić information content (AvgIpc) is 3.38. The molecule has 1 unspecified atom stereocenters. The Bertz CT molecular complexity index is 1530. The highest BCUT2D eigenvalue weighted by atomic mass is 32.2. The van der Waals surface area contributed by atoms with Gasteiger partial charge in [0, 0.05) is 22.4 Å². The molecule has 34 heavy (non-hydrogen) atoms. The molecule has 3 aromatic carbocycles. The number of rotatable bonds is 6. The zero-order valence-corrected chi connectivity index (χ0v) is 19.1. The van der Waals surface area contributed by atoms with Crippen molar-refractivity contribution in [3.8, 4) is 17.1 Å². The lowest BCUT2D eigenvalue weighted by atomic mass is 10.1. The Morgan fingerprint density at radius 3 is 2.74 bits per heavy atom. The molecule has 0 aliphatic carbocycles. The van der Waals surface area contributed by atoms with Crippen molar-refractivity contribution >= 4 is 45.3 Å². The molecule has 5 aromatic rings. The number of fused-ring (bicyclic) bond motifs is 3. The van der Waals surface area contributed by atoms with Gasteiger partial charge in [0.15, 0.2) is 5.82 Å². The van der Waals surface area contributed by atoms with E-state index in [0.29, 0.717) is 33.6 Å². The number of hydrogen-bond acceptors (Lipinski definition) is 7. The number of carbonyl (C=O) groups excluding carboxylic acids is 1. The van der Waals surface area contributed by atoms with Crippen LogP contribution >= 0.6 is 11.8 Å². The third-order valence-corrected chi connectivity index (χ3v) is 6.41. The van der Waals surface area contributed by atoms with Crippen LogP contribution in [0.5, 0.6) is 5.75 Å². The number of nitrogens with two attached hydrogens (primary N) is 1. The Balaban J connectivity index is 1.37. The van der Waals surface area contributed by atoms with E-state index in [9.17, 15) is 9.18 Å². The molecular weight excluding hydrogens is 457 g/mol. The molecule has 0 aliphatic heterocycles. The lowest BCUT2D eigenvalue weighted by Crippen LogP contribution is -2.24. The van der Waals surface area contributed by atoms with Crippen LogP contribution in [0.2, 0.25) is 0 Å². The first-order chi connectivity index (χ1) is 16.4. The average molecular weight is 478 g/mol. The lowest BCUT2D eigenvalue weighted by molar-refractivity contribution is -0.115. The van der Waals surface area contributed by atoms with Crippen LogP contribution in [-0.4, -0.2) is 33.1 Å². The van der Waals surface area contributed by atoms with Crippen molar-refractivity contribution < 1.29 is 18.3 Å². The second-order valence-corrected chi connectivity index (χ2v) is 8.89. The Hall–Kier alpha value is -4.05. The van der Waals surface area contributed by atoms with Gasteiger partial charge in [-0.2, -0.15) is 0 Å². The van der Waals surface area contributed by atoms with Gasteiger partial charge in [0.05, 0.1) is 18.0 Å². The number of halogens is 1. The van der Waals surface area contributed by atoms with E-state index in [4.69, 9.17) is 15.0 Å². The number of para-hydroxylation sites is 1. The number of methoxy groups -OCH3 is 1. The van der Waals surface area contributed by atoms with E-state index in [1.807, 2.05) is 30.3 Å². The number of furan rings is 1. The molecule has 2 aromatic heterocycles. The van der Waals surface area contributed by atoms with Gasteiger partial charge in [-0.3, -0.25) is 4.79 Å². The molecule has 1 atom stereocenters. The van der Waals surface area contributed by atoms with Crippen LogP contribution in [0.1, 0.15) is 6.92 Å². The number of benzene rings is 3. The third-order valence-electron chi connectivity index (χ3n) is 5.36. The smallest absolute Gasteiger partial charge is 0.237 e. The molecule has 2 heterocycles. The van der Waals surface area contributed by atoms with Crippen molar-refractivity contribution in [2.75, 3.05) is 18.3 Å². The highest BCUT2D eigenvalue weighted by Crippen LogP contribution is 2.37. The van der Waals surface area contributed by atoms with Crippen LogP contribution in [0.4, 0.5) is 10.1 Å². The fourth-order valence-corrected chi connectivity index (χ4v) is 4.42. The minimum Gasteiger partial charge on any atom is -0.495 e. The van der Waals surface area contributed by atoms with Gasteiger partial charge >= 0.3 is 0 Å². The fourth-order valence-electron chi connectivity index (χ4n) is 3.65. The first-order valence-electron chi connectivity index (χ1n) is 10.4. The Morgan fingerprint density at radius 1 is 1.12 bits per heavy atom. The lowest BCUT2D eigenvalue weighted by Gasteiger charge is -2.14. The summed E-state index contributed by atoms with van der Waals surface area (Å²) in [7, 11) is 1.54. The zero-order valence-electron chi connectivity index (χ0n) is 18.3. The maximum absolute atomic E-state index is 13.6. The van der Waals surface area contributed by atoms with Gasteiger partial charge in [-0.15, -0.1) is 10.2 Å². The third kappa shape index (κ3) is 3.92. The maximum atomic E-state index is 13.6. The summed E-state index contributed by atoms with van der Waals surface area (Å²) in [6.45, 7) is 1.72. The number of aromatic nitrogens is 3. The molecule has 8 nitrogen and oxygen atoms in total. The van der Waals surface area contributed by atoms with Gasteiger partial charge in [-0.1, -0.05) is 42.1 Å². The molecule has 0 fully saturated rings. The van der Waals surface area contributed by atoms with Crippen LogP contribution in [-0.2, 0) is 4.79 Å². The Morgan fingerprint density at radius 2 is 1.94 bits per heavy atom. The number of anilines is 1. The maximum Gasteiger partial charge on any atom is 0.237 e. The molecule has 0 aliphatic rings.